The van der Waals surface area contributed by atoms with E-state index in [9.17, 15) is 18.4 Å². The molecule has 0 atom stereocenters. The Kier molecular flexibility index (Phi) is 3.80. The van der Waals surface area contributed by atoms with Crippen molar-refractivity contribution in [2.75, 3.05) is 5.32 Å². The molecular weight excluding hydrogens is 308 g/mol. The summed E-state index contributed by atoms with van der Waals surface area (Å²) in [6.07, 6.45) is 0. The van der Waals surface area contributed by atoms with E-state index in [2.05, 4.69) is 20.0 Å². The van der Waals surface area contributed by atoms with Gasteiger partial charge in [0.05, 0.1) is 11.0 Å². The first kappa shape index (κ1) is 14.8. The second-order valence-corrected chi connectivity index (χ2v) is 4.70. The highest BCUT2D eigenvalue weighted by molar-refractivity contribution is 6.05. The van der Waals surface area contributed by atoms with Crippen LogP contribution in [-0.2, 0) is 0 Å². The number of carbonyl (C=O) groups is 1. The third-order valence-corrected chi connectivity index (χ3v) is 3.12. The van der Waals surface area contributed by atoms with Crippen molar-refractivity contribution < 1.29 is 18.3 Å². The van der Waals surface area contributed by atoms with Gasteiger partial charge < -0.3 is 20.0 Å². The minimum atomic E-state index is -2.91. The Morgan fingerprint density at radius 2 is 1.74 bits per heavy atom. The first-order valence-electron chi connectivity index (χ1n) is 6.59. The summed E-state index contributed by atoms with van der Waals surface area (Å²) in [4.78, 5) is 28.5. The van der Waals surface area contributed by atoms with Gasteiger partial charge in [-0.05, 0) is 42.5 Å². The summed E-state index contributed by atoms with van der Waals surface area (Å²) in [5.74, 6) is -0.436. The van der Waals surface area contributed by atoms with Crippen molar-refractivity contribution in [3.8, 4) is 5.75 Å². The maximum Gasteiger partial charge on any atom is 0.387 e. The number of fused-ring (bicyclic) bond motifs is 1. The first-order chi connectivity index (χ1) is 11.0. The number of amides is 1. The Labute approximate surface area is 128 Å². The van der Waals surface area contributed by atoms with Crippen molar-refractivity contribution in [2.24, 2.45) is 0 Å². The van der Waals surface area contributed by atoms with E-state index in [1.807, 2.05) is 0 Å². The molecule has 0 fully saturated rings. The van der Waals surface area contributed by atoms with Crippen LogP contribution in [-0.4, -0.2) is 22.5 Å². The summed E-state index contributed by atoms with van der Waals surface area (Å²) in [6.45, 7) is -2.91. The molecule has 3 N–H and O–H groups in total. The number of halogens is 2. The Hall–Kier alpha value is -3.16. The Morgan fingerprint density at radius 3 is 2.43 bits per heavy atom. The highest BCUT2D eigenvalue weighted by atomic mass is 19.3. The number of alkyl halides is 2. The molecule has 118 valence electrons. The van der Waals surface area contributed by atoms with Crippen molar-refractivity contribution in [1.29, 1.82) is 0 Å². The molecule has 0 saturated heterocycles. The number of hydrogen-bond donors (Lipinski definition) is 3. The number of anilines is 1. The monoisotopic (exact) mass is 319 g/mol. The van der Waals surface area contributed by atoms with Gasteiger partial charge in [-0.1, -0.05) is 0 Å². The molecule has 0 spiro atoms. The van der Waals surface area contributed by atoms with Gasteiger partial charge in [-0.3, -0.25) is 4.79 Å². The van der Waals surface area contributed by atoms with E-state index in [1.165, 1.54) is 24.3 Å². The van der Waals surface area contributed by atoms with Gasteiger partial charge in [0, 0.05) is 11.3 Å². The van der Waals surface area contributed by atoms with Crippen LogP contribution >= 0.6 is 0 Å². The van der Waals surface area contributed by atoms with Gasteiger partial charge in [0.15, 0.2) is 0 Å². The minimum Gasteiger partial charge on any atom is -0.435 e. The summed E-state index contributed by atoms with van der Waals surface area (Å²) in [5.41, 5.74) is 1.63. The van der Waals surface area contributed by atoms with Crippen LogP contribution in [0.15, 0.2) is 47.3 Å². The zero-order chi connectivity index (χ0) is 16.4. The Morgan fingerprint density at radius 1 is 1.04 bits per heavy atom. The first-order valence-corrected chi connectivity index (χ1v) is 6.59. The molecule has 8 heteroatoms. The molecule has 0 aliphatic heterocycles. The molecule has 3 rings (SSSR count). The predicted octanol–water partition coefficient (Wildman–Crippen LogP) is 2.71. The zero-order valence-corrected chi connectivity index (χ0v) is 11.6. The Balaban J connectivity index is 1.75. The van der Waals surface area contributed by atoms with E-state index in [0.717, 1.165) is 0 Å². The number of aromatic amines is 2. The van der Waals surface area contributed by atoms with E-state index in [-0.39, 0.29) is 17.0 Å². The number of H-pyrrole nitrogens is 2. The van der Waals surface area contributed by atoms with Gasteiger partial charge in [0.1, 0.15) is 5.75 Å². The lowest BCUT2D eigenvalue weighted by Gasteiger charge is -2.07. The number of benzene rings is 2. The normalized spacial score (nSPS) is 10.9. The second kappa shape index (κ2) is 5.91. The van der Waals surface area contributed by atoms with Crippen LogP contribution in [0, 0.1) is 0 Å². The zero-order valence-electron chi connectivity index (χ0n) is 11.6. The smallest absolute Gasteiger partial charge is 0.387 e. The average Bonchev–Trinajstić information content (AvgIpc) is 2.86. The molecule has 2 aromatic carbocycles. The van der Waals surface area contributed by atoms with E-state index in [4.69, 9.17) is 0 Å². The Bertz CT molecular complexity index is 900. The number of imidazole rings is 1. The van der Waals surface area contributed by atoms with Crippen molar-refractivity contribution in [3.63, 3.8) is 0 Å². The average molecular weight is 319 g/mol. The molecule has 1 aromatic heterocycles. The largest absolute Gasteiger partial charge is 0.435 e. The standard InChI is InChI=1S/C15H11F2N3O3/c16-14(17)23-10-4-1-8(2-5-10)13(21)18-9-3-6-11-12(7-9)20-15(22)19-11/h1-7,14H,(H,18,21)(H2,19,20,22). The molecule has 0 radical (unpaired) electrons. The van der Waals surface area contributed by atoms with E-state index < -0.39 is 12.5 Å². The van der Waals surface area contributed by atoms with Crippen LogP contribution < -0.4 is 15.7 Å². The van der Waals surface area contributed by atoms with Crippen molar-refractivity contribution in [3.05, 3.63) is 58.5 Å². The minimum absolute atomic E-state index is 0.0251. The molecular formula is C15H11F2N3O3. The van der Waals surface area contributed by atoms with E-state index in [0.29, 0.717) is 16.7 Å². The molecule has 3 aromatic rings. The fourth-order valence-corrected chi connectivity index (χ4v) is 2.10. The van der Waals surface area contributed by atoms with Crippen molar-refractivity contribution in [1.82, 2.24) is 9.97 Å². The number of carbonyl (C=O) groups excluding carboxylic acids is 1. The van der Waals surface area contributed by atoms with Gasteiger partial charge in [-0.15, -0.1) is 0 Å². The van der Waals surface area contributed by atoms with Crippen LogP contribution in [0.5, 0.6) is 5.75 Å². The highest BCUT2D eigenvalue weighted by Gasteiger charge is 2.09. The van der Waals surface area contributed by atoms with Crippen LogP contribution in [0.3, 0.4) is 0 Å². The van der Waals surface area contributed by atoms with Crippen LogP contribution in [0.25, 0.3) is 11.0 Å². The van der Waals surface area contributed by atoms with E-state index >= 15 is 0 Å². The van der Waals surface area contributed by atoms with Gasteiger partial charge in [0.2, 0.25) is 0 Å². The van der Waals surface area contributed by atoms with Gasteiger partial charge >= 0.3 is 12.3 Å². The van der Waals surface area contributed by atoms with Crippen molar-refractivity contribution in [2.45, 2.75) is 6.61 Å². The summed E-state index contributed by atoms with van der Waals surface area (Å²) >= 11 is 0. The molecule has 0 aliphatic carbocycles. The molecule has 6 nitrogen and oxygen atoms in total. The third-order valence-electron chi connectivity index (χ3n) is 3.12. The maximum absolute atomic E-state index is 12.1. The summed E-state index contributed by atoms with van der Waals surface area (Å²) in [6, 6.07) is 10.2. The fourth-order valence-electron chi connectivity index (χ4n) is 2.10. The number of nitrogens with one attached hydrogen (secondary N) is 3. The summed E-state index contributed by atoms with van der Waals surface area (Å²) < 4.78 is 28.4. The van der Waals surface area contributed by atoms with Gasteiger partial charge in [0.25, 0.3) is 5.91 Å². The maximum atomic E-state index is 12.1. The summed E-state index contributed by atoms with van der Waals surface area (Å²) in [5, 5.41) is 2.66. The van der Waals surface area contributed by atoms with Gasteiger partial charge in [-0.25, -0.2) is 4.79 Å². The summed E-state index contributed by atoms with van der Waals surface area (Å²) in [7, 11) is 0. The molecule has 0 bridgehead atoms. The number of rotatable bonds is 4. The molecule has 1 heterocycles. The molecule has 0 aliphatic rings. The number of hydrogen-bond acceptors (Lipinski definition) is 3. The van der Waals surface area contributed by atoms with Crippen molar-refractivity contribution >= 4 is 22.6 Å². The number of ether oxygens (including phenoxy) is 1. The molecule has 0 unspecified atom stereocenters. The van der Waals surface area contributed by atoms with E-state index in [1.54, 1.807) is 18.2 Å². The third kappa shape index (κ3) is 3.37. The van der Waals surface area contributed by atoms with Crippen LogP contribution in [0.4, 0.5) is 14.5 Å². The SMILES string of the molecule is O=C(Nc1ccc2[nH]c(=O)[nH]c2c1)c1ccc(OC(F)F)cc1. The lowest BCUT2D eigenvalue weighted by molar-refractivity contribution is -0.0498. The van der Waals surface area contributed by atoms with Crippen LogP contribution in [0.2, 0.25) is 0 Å². The second-order valence-electron chi connectivity index (χ2n) is 4.70. The predicted molar refractivity (Wildman–Crippen MR) is 79.9 cm³/mol. The quantitative estimate of drug-likeness (QED) is 0.691. The molecule has 1 amide bonds. The lowest BCUT2D eigenvalue weighted by atomic mass is 10.2. The van der Waals surface area contributed by atoms with Gasteiger partial charge in [-0.2, -0.15) is 8.78 Å². The number of aromatic nitrogens is 2. The topological polar surface area (TPSA) is 87.0 Å². The fraction of sp³-hybridized carbons (Fsp3) is 0.0667. The molecule has 23 heavy (non-hydrogen) atoms. The molecule has 0 saturated carbocycles. The van der Waals surface area contributed by atoms with Crippen LogP contribution in [0.1, 0.15) is 10.4 Å². The lowest BCUT2D eigenvalue weighted by Crippen LogP contribution is -2.11. The highest BCUT2D eigenvalue weighted by Crippen LogP contribution is 2.18.